The SMILES string of the molecule is C=CCN1CC(=O)N2C(CN(Cc3cccc(N4CC(N5CCN(C)CC5)C4)n3)C(=O)[C@@H]2Cc2ccc(O)cc2)N1C(=O)NCc1ccccc1. The second-order valence-electron chi connectivity index (χ2n) is 13.9. The van der Waals surface area contributed by atoms with Gasteiger partial charge in [-0.1, -0.05) is 54.6 Å². The fraction of sp³-hybridized carbons (Fsp3) is 0.421. The Bertz CT molecular complexity index is 1710. The number of nitrogens with one attached hydrogen (secondary N) is 1. The summed E-state index contributed by atoms with van der Waals surface area (Å²) < 4.78 is 0. The number of hydrogen-bond donors (Lipinski definition) is 2. The highest BCUT2D eigenvalue weighted by molar-refractivity contribution is 5.91. The standard InChI is InChI=1S/C38H47N9O4/c1-3-16-45-27-36(49)46-33(21-28-12-14-32(48)15-13-28)37(50)44(26-35(46)47(45)38(51)39-22-29-8-5-4-6-9-29)23-30-10-7-11-34(40-30)43-24-31(25-43)42-19-17-41(2)18-20-42/h3-15,31,33,35,48H,1,16-27H2,2H3,(H,39,51)/t33-,35?/m0/s1. The summed E-state index contributed by atoms with van der Waals surface area (Å²) in [6.07, 6.45) is 1.14. The Hall–Kier alpha value is -4.98. The van der Waals surface area contributed by atoms with Gasteiger partial charge in [-0.15, -0.1) is 6.58 Å². The van der Waals surface area contributed by atoms with Crippen LogP contribution in [0, 0.1) is 0 Å². The molecule has 1 unspecified atom stereocenters. The highest BCUT2D eigenvalue weighted by Gasteiger charge is 2.51. The Morgan fingerprint density at radius 3 is 2.41 bits per heavy atom. The van der Waals surface area contributed by atoms with Crippen LogP contribution in [0.5, 0.6) is 5.75 Å². The van der Waals surface area contributed by atoms with Crippen molar-refractivity contribution in [3.63, 3.8) is 0 Å². The number of piperazine rings is 2. The first-order valence-corrected chi connectivity index (χ1v) is 17.8. The number of anilines is 1. The molecule has 0 saturated carbocycles. The molecule has 0 aliphatic carbocycles. The molecule has 2 aromatic carbocycles. The van der Waals surface area contributed by atoms with E-state index in [9.17, 15) is 19.5 Å². The molecule has 7 rings (SSSR count). The molecule has 4 saturated heterocycles. The Morgan fingerprint density at radius 2 is 1.69 bits per heavy atom. The van der Waals surface area contributed by atoms with Gasteiger partial charge >= 0.3 is 6.03 Å². The zero-order valence-corrected chi connectivity index (χ0v) is 29.2. The molecule has 4 amide bonds. The van der Waals surface area contributed by atoms with Gasteiger partial charge in [0, 0.05) is 64.8 Å². The maximum atomic E-state index is 14.4. The first-order valence-electron chi connectivity index (χ1n) is 17.8. The number of phenolic OH excluding ortho intramolecular Hbond substituents is 1. The molecule has 268 valence electrons. The first-order chi connectivity index (χ1) is 24.8. The van der Waals surface area contributed by atoms with Crippen LogP contribution in [0.3, 0.4) is 0 Å². The Balaban J connectivity index is 1.13. The van der Waals surface area contributed by atoms with Crippen LogP contribution in [0.2, 0.25) is 0 Å². The predicted octanol–water partition coefficient (Wildman–Crippen LogP) is 1.96. The molecule has 0 bridgehead atoms. The van der Waals surface area contributed by atoms with Crippen molar-refractivity contribution < 1.29 is 19.5 Å². The van der Waals surface area contributed by atoms with Crippen molar-refractivity contribution in [3.05, 3.63) is 102 Å². The number of benzene rings is 2. The molecule has 3 aromatic rings. The summed E-state index contributed by atoms with van der Waals surface area (Å²) in [6, 6.07) is 21.5. The molecule has 4 aliphatic rings. The number of carbonyl (C=O) groups excluding carboxylic acids is 3. The smallest absolute Gasteiger partial charge is 0.334 e. The van der Waals surface area contributed by atoms with E-state index in [4.69, 9.17) is 4.98 Å². The molecule has 0 radical (unpaired) electrons. The molecule has 4 fully saturated rings. The molecule has 5 heterocycles. The number of rotatable bonds is 10. The maximum Gasteiger partial charge on any atom is 0.334 e. The Labute approximate surface area is 299 Å². The van der Waals surface area contributed by atoms with Crippen molar-refractivity contribution in [3.8, 4) is 5.75 Å². The van der Waals surface area contributed by atoms with Gasteiger partial charge in [0.2, 0.25) is 11.8 Å². The highest BCUT2D eigenvalue weighted by atomic mass is 16.3. The third-order valence-corrected chi connectivity index (χ3v) is 10.4. The number of aromatic nitrogens is 1. The molecular weight excluding hydrogens is 646 g/mol. The largest absolute Gasteiger partial charge is 0.508 e. The summed E-state index contributed by atoms with van der Waals surface area (Å²) in [7, 11) is 2.17. The molecule has 2 atom stereocenters. The lowest BCUT2D eigenvalue weighted by molar-refractivity contribution is -0.189. The lowest BCUT2D eigenvalue weighted by atomic mass is 9.98. The van der Waals surface area contributed by atoms with Gasteiger partial charge in [0.25, 0.3) is 0 Å². The van der Waals surface area contributed by atoms with E-state index in [2.05, 4.69) is 33.6 Å². The summed E-state index contributed by atoms with van der Waals surface area (Å²) in [5.41, 5.74) is 2.48. The van der Waals surface area contributed by atoms with Gasteiger partial charge in [0.05, 0.1) is 25.3 Å². The monoisotopic (exact) mass is 693 g/mol. The Kier molecular flexibility index (Phi) is 10.2. The molecule has 51 heavy (non-hydrogen) atoms. The van der Waals surface area contributed by atoms with Gasteiger partial charge in [-0.2, -0.15) is 0 Å². The van der Waals surface area contributed by atoms with Crippen molar-refractivity contribution in [1.29, 1.82) is 0 Å². The summed E-state index contributed by atoms with van der Waals surface area (Å²) in [6.45, 7) is 10.9. The van der Waals surface area contributed by atoms with E-state index in [0.29, 0.717) is 12.6 Å². The van der Waals surface area contributed by atoms with E-state index in [1.807, 2.05) is 48.5 Å². The number of likely N-dealkylation sites (N-methyl/N-ethyl adjacent to an activating group) is 1. The lowest BCUT2D eigenvalue weighted by Gasteiger charge is -2.55. The van der Waals surface area contributed by atoms with Crippen molar-refractivity contribution in [2.75, 3.05) is 70.9 Å². The van der Waals surface area contributed by atoms with Crippen molar-refractivity contribution in [1.82, 2.24) is 39.9 Å². The molecule has 0 spiro atoms. The zero-order valence-electron chi connectivity index (χ0n) is 29.2. The number of pyridine rings is 1. The van der Waals surface area contributed by atoms with Gasteiger partial charge < -0.3 is 30.0 Å². The first kappa shape index (κ1) is 34.5. The van der Waals surface area contributed by atoms with Gasteiger partial charge in [0.15, 0.2) is 0 Å². The van der Waals surface area contributed by atoms with Crippen LogP contribution in [0.1, 0.15) is 16.8 Å². The minimum absolute atomic E-state index is 0.0742. The molecule has 2 N–H and O–H groups in total. The lowest BCUT2D eigenvalue weighted by Crippen LogP contribution is -2.76. The molecule has 4 aliphatic heterocycles. The topological polar surface area (TPSA) is 119 Å². The van der Waals surface area contributed by atoms with Crippen molar-refractivity contribution >= 4 is 23.7 Å². The summed E-state index contributed by atoms with van der Waals surface area (Å²) in [4.78, 5) is 57.9. The zero-order chi connectivity index (χ0) is 35.5. The van der Waals surface area contributed by atoms with Gasteiger partial charge in [-0.25, -0.2) is 19.8 Å². The molecule has 13 heteroatoms. The Morgan fingerprint density at radius 1 is 0.941 bits per heavy atom. The van der Waals surface area contributed by atoms with Crippen LogP contribution in [-0.4, -0.2) is 142 Å². The minimum atomic E-state index is -0.862. The fourth-order valence-electron chi connectivity index (χ4n) is 7.54. The summed E-state index contributed by atoms with van der Waals surface area (Å²) >= 11 is 0. The van der Waals surface area contributed by atoms with Crippen LogP contribution in [-0.2, 0) is 29.1 Å². The van der Waals surface area contributed by atoms with E-state index in [1.165, 1.54) is 0 Å². The van der Waals surface area contributed by atoms with E-state index in [-0.39, 0.29) is 56.2 Å². The van der Waals surface area contributed by atoms with Crippen LogP contribution in [0.15, 0.2) is 85.5 Å². The van der Waals surface area contributed by atoms with Crippen molar-refractivity contribution in [2.24, 2.45) is 0 Å². The number of nitrogens with zero attached hydrogens (tertiary/aromatic N) is 8. The fourth-order valence-corrected chi connectivity index (χ4v) is 7.54. The quantitative estimate of drug-likeness (QED) is 0.308. The number of aromatic hydroxyl groups is 1. The second-order valence-corrected chi connectivity index (χ2v) is 13.9. The predicted molar refractivity (Wildman–Crippen MR) is 193 cm³/mol. The van der Waals surface area contributed by atoms with Crippen LogP contribution < -0.4 is 10.2 Å². The van der Waals surface area contributed by atoms with Crippen LogP contribution in [0.4, 0.5) is 10.6 Å². The number of fused-ring (bicyclic) bond motifs is 1. The third kappa shape index (κ3) is 7.55. The average Bonchev–Trinajstić information content (AvgIpc) is 3.11. The molecule has 13 nitrogen and oxygen atoms in total. The summed E-state index contributed by atoms with van der Waals surface area (Å²) in [5.74, 6) is 0.558. The second kappa shape index (κ2) is 15.1. The number of hydrazine groups is 1. The molecular formula is C38H47N9O4. The van der Waals surface area contributed by atoms with E-state index in [0.717, 1.165) is 61.9 Å². The van der Waals surface area contributed by atoms with Gasteiger partial charge in [-0.3, -0.25) is 14.5 Å². The number of hydrogen-bond acceptors (Lipinski definition) is 9. The van der Waals surface area contributed by atoms with Gasteiger partial charge in [0.1, 0.15) is 23.8 Å². The molecule has 1 aromatic heterocycles. The number of carbonyl (C=O) groups is 3. The summed E-state index contributed by atoms with van der Waals surface area (Å²) in [5, 5.41) is 16.2. The number of amides is 4. The minimum Gasteiger partial charge on any atom is -0.508 e. The van der Waals surface area contributed by atoms with E-state index >= 15 is 0 Å². The maximum absolute atomic E-state index is 14.4. The van der Waals surface area contributed by atoms with Crippen molar-refractivity contribution in [2.45, 2.75) is 37.8 Å². The number of phenols is 1. The normalized spacial score (nSPS) is 22.1. The van der Waals surface area contributed by atoms with Crippen LogP contribution >= 0.6 is 0 Å². The number of urea groups is 1. The van der Waals surface area contributed by atoms with E-state index in [1.54, 1.807) is 50.2 Å². The average molecular weight is 694 g/mol. The van der Waals surface area contributed by atoms with E-state index < -0.39 is 12.2 Å². The van der Waals surface area contributed by atoms with Gasteiger partial charge in [-0.05, 0) is 42.4 Å². The van der Waals surface area contributed by atoms with Crippen LogP contribution in [0.25, 0.3) is 0 Å². The highest BCUT2D eigenvalue weighted by Crippen LogP contribution is 2.30. The third-order valence-electron chi connectivity index (χ3n) is 10.4.